The fraction of sp³-hybridized carbons (Fsp3) is 1.00. The molecule has 1 saturated heterocycles. The standard InChI is InChI=1S/C14H29NO.C2H6/c1-4-14-5-8-15(9-6-14)10-12-16-11-7-13(2)3;1-2/h13-14H,4-12H2,1-3H3;1-2H3. The van der Waals surface area contributed by atoms with Crippen LogP contribution in [-0.4, -0.2) is 37.7 Å². The van der Waals surface area contributed by atoms with E-state index in [4.69, 9.17) is 4.74 Å². The van der Waals surface area contributed by atoms with Crippen LogP contribution in [0.1, 0.15) is 60.3 Å². The highest BCUT2D eigenvalue weighted by molar-refractivity contribution is 4.70. The number of piperidine rings is 1. The van der Waals surface area contributed by atoms with Crippen molar-refractivity contribution in [1.29, 1.82) is 0 Å². The van der Waals surface area contributed by atoms with Crippen LogP contribution in [0.25, 0.3) is 0 Å². The molecule has 0 aromatic carbocycles. The molecule has 0 unspecified atom stereocenters. The lowest BCUT2D eigenvalue weighted by Crippen LogP contribution is -2.35. The molecular weight excluding hydrogens is 222 g/mol. The quantitative estimate of drug-likeness (QED) is 0.634. The van der Waals surface area contributed by atoms with Crippen LogP contribution < -0.4 is 0 Å². The first kappa shape index (κ1) is 17.9. The Morgan fingerprint density at radius 2 is 1.72 bits per heavy atom. The Bertz CT molecular complexity index is 162. The molecule has 1 heterocycles. The molecule has 1 rings (SSSR count). The molecule has 2 heteroatoms. The van der Waals surface area contributed by atoms with E-state index in [1.54, 1.807) is 0 Å². The molecule has 1 aliphatic heterocycles. The molecule has 0 amide bonds. The number of ether oxygens (including phenoxy) is 1. The van der Waals surface area contributed by atoms with E-state index in [1.165, 1.54) is 38.8 Å². The van der Waals surface area contributed by atoms with Gasteiger partial charge in [-0.2, -0.15) is 0 Å². The van der Waals surface area contributed by atoms with Crippen molar-refractivity contribution in [2.75, 3.05) is 32.8 Å². The molecule has 0 radical (unpaired) electrons. The molecule has 1 aliphatic rings. The first-order valence-electron chi connectivity index (χ1n) is 8.02. The Kier molecular flexibility index (Phi) is 11.9. The predicted molar refractivity (Wildman–Crippen MR) is 81.1 cm³/mol. The van der Waals surface area contributed by atoms with Crippen LogP contribution in [-0.2, 0) is 4.74 Å². The average Bonchev–Trinajstić information content (AvgIpc) is 2.41. The van der Waals surface area contributed by atoms with Crippen LogP contribution in [0.15, 0.2) is 0 Å². The lowest BCUT2D eigenvalue weighted by molar-refractivity contribution is 0.0823. The summed E-state index contributed by atoms with van der Waals surface area (Å²) >= 11 is 0. The lowest BCUT2D eigenvalue weighted by atomic mass is 9.94. The summed E-state index contributed by atoms with van der Waals surface area (Å²) in [6.45, 7) is 16.4. The van der Waals surface area contributed by atoms with Crippen LogP contribution in [0.5, 0.6) is 0 Å². The fourth-order valence-electron chi connectivity index (χ4n) is 2.23. The molecule has 0 N–H and O–H groups in total. The highest BCUT2D eigenvalue weighted by Crippen LogP contribution is 2.19. The summed E-state index contributed by atoms with van der Waals surface area (Å²) in [4.78, 5) is 2.56. The van der Waals surface area contributed by atoms with Gasteiger partial charge in [-0.3, -0.25) is 0 Å². The number of hydrogen-bond acceptors (Lipinski definition) is 2. The molecule has 110 valence electrons. The van der Waals surface area contributed by atoms with Crippen molar-refractivity contribution in [3.05, 3.63) is 0 Å². The average molecular weight is 257 g/mol. The second kappa shape index (κ2) is 12.0. The van der Waals surface area contributed by atoms with Crippen molar-refractivity contribution >= 4 is 0 Å². The van der Waals surface area contributed by atoms with Crippen LogP contribution in [0, 0.1) is 11.8 Å². The van der Waals surface area contributed by atoms with Gasteiger partial charge in [0.2, 0.25) is 0 Å². The Balaban J connectivity index is 0.00000137. The van der Waals surface area contributed by atoms with Gasteiger partial charge in [0.05, 0.1) is 6.61 Å². The van der Waals surface area contributed by atoms with Crippen LogP contribution in [0.3, 0.4) is 0 Å². The number of hydrogen-bond donors (Lipinski definition) is 0. The largest absolute Gasteiger partial charge is 0.380 e. The summed E-state index contributed by atoms with van der Waals surface area (Å²) in [7, 11) is 0. The van der Waals surface area contributed by atoms with Crippen LogP contribution >= 0.6 is 0 Å². The van der Waals surface area contributed by atoms with Gasteiger partial charge in [-0.15, -0.1) is 0 Å². The number of likely N-dealkylation sites (tertiary alicyclic amines) is 1. The van der Waals surface area contributed by atoms with E-state index in [0.717, 1.165) is 31.6 Å². The third-order valence-electron chi connectivity index (χ3n) is 3.68. The monoisotopic (exact) mass is 257 g/mol. The van der Waals surface area contributed by atoms with Crippen molar-refractivity contribution in [3.63, 3.8) is 0 Å². The minimum Gasteiger partial charge on any atom is -0.380 e. The molecule has 0 aromatic rings. The van der Waals surface area contributed by atoms with Gasteiger partial charge < -0.3 is 9.64 Å². The zero-order valence-electron chi connectivity index (χ0n) is 13.4. The van der Waals surface area contributed by atoms with Gasteiger partial charge in [0.25, 0.3) is 0 Å². The number of rotatable bonds is 7. The Hall–Kier alpha value is -0.0800. The van der Waals surface area contributed by atoms with E-state index < -0.39 is 0 Å². The molecule has 0 spiro atoms. The maximum absolute atomic E-state index is 5.66. The van der Waals surface area contributed by atoms with E-state index in [0.29, 0.717) is 0 Å². The smallest absolute Gasteiger partial charge is 0.0593 e. The summed E-state index contributed by atoms with van der Waals surface area (Å²) in [5, 5.41) is 0. The lowest BCUT2D eigenvalue weighted by Gasteiger charge is -2.31. The van der Waals surface area contributed by atoms with Crippen molar-refractivity contribution in [1.82, 2.24) is 4.90 Å². The Morgan fingerprint density at radius 1 is 1.11 bits per heavy atom. The normalized spacial score (nSPS) is 17.7. The van der Waals surface area contributed by atoms with E-state index >= 15 is 0 Å². The second-order valence-electron chi connectivity index (χ2n) is 5.49. The summed E-state index contributed by atoms with van der Waals surface area (Å²) in [6, 6.07) is 0. The maximum Gasteiger partial charge on any atom is 0.0593 e. The first-order chi connectivity index (χ1) is 8.72. The predicted octanol–water partition coefficient (Wildman–Crippen LogP) is 4.20. The molecular formula is C16H35NO. The van der Waals surface area contributed by atoms with Crippen LogP contribution in [0.4, 0.5) is 0 Å². The summed E-state index contributed by atoms with van der Waals surface area (Å²) in [5.41, 5.74) is 0. The molecule has 0 saturated carbocycles. The minimum absolute atomic E-state index is 0.764. The zero-order valence-corrected chi connectivity index (χ0v) is 13.4. The SMILES string of the molecule is CC.CCC1CCN(CCOCCC(C)C)CC1. The summed E-state index contributed by atoms with van der Waals surface area (Å²) in [6.07, 6.45) is 5.33. The van der Waals surface area contributed by atoms with E-state index in [-0.39, 0.29) is 0 Å². The third kappa shape index (κ3) is 8.93. The Morgan fingerprint density at radius 3 is 2.22 bits per heavy atom. The first-order valence-corrected chi connectivity index (χ1v) is 8.02. The maximum atomic E-state index is 5.66. The van der Waals surface area contributed by atoms with Crippen LogP contribution in [0.2, 0.25) is 0 Å². The molecule has 0 aliphatic carbocycles. The fourth-order valence-corrected chi connectivity index (χ4v) is 2.23. The molecule has 0 atom stereocenters. The molecule has 2 nitrogen and oxygen atoms in total. The highest BCUT2D eigenvalue weighted by atomic mass is 16.5. The van der Waals surface area contributed by atoms with Gasteiger partial charge in [-0.25, -0.2) is 0 Å². The van der Waals surface area contributed by atoms with Gasteiger partial charge in [0, 0.05) is 13.2 Å². The van der Waals surface area contributed by atoms with Crippen molar-refractivity contribution in [2.45, 2.75) is 60.3 Å². The van der Waals surface area contributed by atoms with E-state index in [2.05, 4.69) is 25.7 Å². The van der Waals surface area contributed by atoms with Gasteiger partial charge in [0.1, 0.15) is 0 Å². The highest BCUT2D eigenvalue weighted by Gasteiger charge is 2.16. The Labute approximate surface area is 115 Å². The van der Waals surface area contributed by atoms with Gasteiger partial charge in [0.15, 0.2) is 0 Å². The topological polar surface area (TPSA) is 12.5 Å². The molecule has 0 aromatic heterocycles. The summed E-state index contributed by atoms with van der Waals surface area (Å²) in [5.74, 6) is 1.75. The summed E-state index contributed by atoms with van der Waals surface area (Å²) < 4.78 is 5.66. The molecule has 18 heavy (non-hydrogen) atoms. The zero-order chi connectivity index (χ0) is 13.8. The minimum atomic E-state index is 0.764. The van der Waals surface area contributed by atoms with Crippen molar-refractivity contribution in [2.24, 2.45) is 11.8 Å². The van der Waals surface area contributed by atoms with Crippen molar-refractivity contribution < 1.29 is 4.74 Å². The van der Waals surface area contributed by atoms with Gasteiger partial charge >= 0.3 is 0 Å². The third-order valence-corrected chi connectivity index (χ3v) is 3.68. The van der Waals surface area contributed by atoms with Gasteiger partial charge in [-0.05, 0) is 44.2 Å². The van der Waals surface area contributed by atoms with Gasteiger partial charge in [-0.1, -0.05) is 41.0 Å². The number of nitrogens with zero attached hydrogens (tertiary/aromatic N) is 1. The second-order valence-corrected chi connectivity index (χ2v) is 5.49. The van der Waals surface area contributed by atoms with E-state index in [9.17, 15) is 0 Å². The van der Waals surface area contributed by atoms with E-state index in [1.807, 2.05) is 13.8 Å². The molecule has 1 fully saturated rings. The molecule has 0 bridgehead atoms. The van der Waals surface area contributed by atoms with Crippen molar-refractivity contribution in [3.8, 4) is 0 Å².